The third-order valence-corrected chi connectivity index (χ3v) is 2.81. The van der Waals surface area contributed by atoms with Gasteiger partial charge in [0.25, 0.3) is 0 Å². The molecular formula is C9H20N2. The van der Waals surface area contributed by atoms with Crippen LogP contribution in [0.5, 0.6) is 0 Å². The fraction of sp³-hybridized carbons (Fsp3) is 1.00. The van der Waals surface area contributed by atoms with E-state index in [1.54, 1.807) is 0 Å². The molecular weight excluding hydrogens is 136 g/mol. The van der Waals surface area contributed by atoms with Gasteiger partial charge in [-0.1, -0.05) is 13.8 Å². The average molecular weight is 156 g/mol. The Morgan fingerprint density at radius 2 is 2.27 bits per heavy atom. The summed E-state index contributed by atoms with van der Waals surface area (Å²) < 4.78 is 0. The average Bonchev–Trinajstić information content (AvgIpc) is 2.04. The molecule has 66 valence electrons. The summed E-state index contributed by atoms with van der Waals surface area (Å²) in [5.74, 6) is 0.814. The molecule has 0 aliphatic carbocycles. The quantitative estimate of drug-likeness (QED) is 0.640. The van der Waals surface area contributed by atoms with Gasteiger partial charge in [-0.2, -0.15) is 0 Å². The minimum Gasteiger partial charge on any atom is -0.317 e. The minimum absolute atomic E-state index is 0.748. The Bertz CT molecular complexity index is 114. The molecule has 1 heterocycles. The topological polar surface area (TPSA) is 15.3 Å². The zero-order chi connectivity index (χ0) is 8.27. The van der Waals surface area contributed by atoms with Gasteiger partial charge in [-0.25, -0.2) is 0 Å². The Kier molecular flexibility index (Phi) is 3.34. The lowest BCUT2D eigenvalue weighted by atomic mass is 9.94. The Morgan fingerprint density at radius 1 is 1.55 bits per heavy atom. The maximum Gasteiger partial charge on any atom is 0.0114 e. The molecule has 1 rings (SSSR count). The number of hydrogen-bond donors (Lipinski definition) is 1. The number of rotatable bonds is 2. The van der Waals surface area contributed by atoms with Crippen LogP contribution in [-0.2, 0) is 0 Å². The summed E-state index contributed by atoms with van der Waals surface area (Å²) in [6.07, 6.45) is 1.31. The van der Waals surface area contributed by atoms with Gasteiger partial charge >= 0.3 is 0 Å². The molecule has 0 saturated carbocycles. The van der Waals surface area contributed by atoms with Crippen molar-refractivity contribution in [1.29, 1.82) is 0 Å². The smallest absolute Gasteiger partial charge is 0.0114 e. The molecule has 0 spiro atoms. The second kappa shape index (κ2) is 4.07. The van der Waals surface area contributed by atoms with Crippen molar-refractivity contribution < 1.29 is 0 Å². The zero-order valence-corrected chi connectivity index (χ0v) is 7.93. The van der Waals surface area contributed by atoms with Crippen LogP contribution in [0.2, 0.25) is 0 Å². The van der Waals surface area contributed by atoms with Gasteiger partial charge in [0.1, 0.15) is 0 Å². The van der Waals surface area contributed by atoms with E-state index in [1.807, 2.05) is 0 Å². The highest BCUT2D eigenvalue weighted by atomic mass is 15.1. The van der Waals surface area contributed by atoms with Gasteiger partial charge in [0.05, 0.1) is 0 Å². The Balaban J connectivity index is 2.34. The van der Waals surface area contributed by atoms with Crippen LogP contribution in [0.15, 0.2) is 0 Å². The van der Waals surface area contributed by atoms with Gasteiger partial charge < -0.3 is 10.2 Å². The second-order valence-electron chi connectivity index (χ2n) is 3.55. The normalized spacial score (nSPS) is 34.1. The molecule has 0 radical (unpaired) electrons. The standard InChI is InChI=1S/C9H20N2/c1-4-11-6-5-9(10-3)8(2)7-11/h8-10H,4-7H2,1-3H3/t8-,9-/m1/s1. The SMILES string of the molecule is CCN1CC[C@@H](NC)[C@H](C)C1. The number of hydrogen-bond acceptors (Lipinski definition) is 2. The Labute approximate surface area is 70.0 Å². The van der Waals surface area contributed by atoms with Crippen molar-refractivity contribution >= 4 is 0 Å². The van der Waals surface area contributed by atoms with E-state index in [9.17, 15) is 0 Å². The molecule has 11 heavy (non-hydrogen) atoms. The Hall–Kier alpha value is -0.0800. The molecule has 2 nitrogen and oxygen atoms in total. The Morgan fingerprint density at radius 3 is 2.73 bits per heavy atom. The first-order valence-corrected chi connectivity index (χ1v) is 4.67. The molecule has 2 heteroatoms. The van der Waals surface area contributed by atoms with Crippen molar-refractivity contribution in [3.63, 3.8) is 0 Å². The van der Waals surface area contributed by atoms with Crippen molar-refractivity contribution in [3.05, 3.63) is 0 Å². The largest absolute Gasteiger partial charge is 0.317 e. The van der Waals surface area contributed by atoms with Gasteiger partial charge in [0.2, 0.25) is 0 Å². The highest BCUT2D eigenvalue weighted by Crippen LogP contribution is 2.15. The van der Waals surface area contributed by atoms with Crippen LogP contribution >= 0.6 is 0 Å². The van der Waals surface area contributed by atoms with Crippen molar-refractivity contribution in [3.8, 4) is 0 Å². The number of likely N-dealkylation sites (tertiary alicyclic amines) is 1. The molecule has 1 fully saturated rings. The summed E-state index contributed by atoms with van der Waals surface area (Å²) >= 11 is 0. The highest BCUT2D eigenvalue weighted by Gasteiger charge is 2.23. The summed E-state index contributed by atoms with van der Waals surface area (Å²) in [4.78, 5) is 2.53. The molecule has 0 aromatic carbocycles. The molecule has 1 saturated heterocycles. The van der Waals surface area contributed by atoms with E-state index in [0.717, 1.165) is 12.0 Å². The molecule has 0 aromatic rings. The molecule has 0 bridgehead atoms. The lowest BCUT2D eigenvalue weighted by Gasteiger charge is -2.36. The lowest BCUT2D eigenvalue weighted by molar-refractivity contribution is 0.158. The van der Waals surface area contributed by atoms with Gasteiger partial charge in [-0.05, 0) is 32.5 Å². The van der Waals surface area contributed by atoms with Crippen LogP contribution in [0.3, 0.4) is 0 Å². The van der Waals surface area contributed by atoms with Gasteiger partial charge in [0, 0.05) is 12.6 Å². The fourth-order valence-corrected chi connectivity index (χ4v) is 1.95. The van der Waals surface area contributed by atoms with Crippen molar-refractivity contribution in [2.24, 2.45) is 5.92 Å². The van der Waals surface area contributed by atoms with Crippen LogP contribution < -0.4 is 5.32 Å². The third kappa shape index (κ3) is 2.17. The lowest BCUT2D eigenvalue weighted by Crippen LogP contribution is -2.46. The van der Waals surface area contributed by atoms with Crippen molar-refractivity contribution in [2.75, 3.05) is 26.7 Å². The van der Waals surface area contributed by atoms with Crippen molar-refractivity contribution in [1.82, 2.24) is 10.2 Å². The fourth-order valence-electron chi connectivity index (χ4n) is 1.95. The third-order valence-electron chi connectivity index (χ3n) is 2.81. The van der Waals surface area contributed by atoms with E-state index < -0.39 is 0 Å². The van der Waals surface area contributed by atoms with E-state index in [1.165, 1.54) is 26.1 Å². The molecule has 1 N–H and O–H groups in total. The van der Waals surface area contributed by atoms with Crippen LogP contribution in [0, 0.1) is 5.92 Å². The number of nitrogens with one attached hydrogen (secondary N) is 1. The van der Waals surface area contributed by atoms with Crippen LogP contribution in [0.4, 0.5) is 0 Å². The molecule has 0 amide bonds. The zero-order valence-electron chi connectivity index (χ0n) is 7.93. The maximum atomic E-state index is 3.37. The van der Waals surface area contributed by atoms with E-state index in [-0.39, 0.29) is 0 Å². The first-order chi connectivity index (χ1) is 5.27. The van der Waals surface area contributed by atoms with Crippen molar-refractivity contribution in [2.45, 2.75) is 26.3 Å². The van der Waals surface area contributed by atoms with E-state index >= 15 is 0 Å². The summed E-state index contributed by atoms with van der Waals surface area (Å²) in [6, 6.07) is 0.748. The monoisotopic (exact) mass is 156 g/mol. The summed E-state index contributed by atoms with van der Waals surface area (Å²) in [5.41, 5.74) is 0. The molecule has 0 unspecified atom stereocenters. The van der Waals surface area contributed by atoms with Gasteiger partial charge in [-0.15, -0.1) is 0 Å². The first-order valence-electron chi connectivity index (χ1n) is 4.67. The molecule has 1 aliphatic heterocycles. The van der Waals surface area contributed by atoms with Crippen LogP contribution in [0.1, 0.15) is 20.3 Å². The first kappa shape index (κ1) is 9.01. The maximum absolute atomic E-state index is 3.37. The van der Waals surface area contributed by atoms with Gasteiger partial charge in [0.15, 0.2) is 0 Å². The minimum atomic E-state index is 0.748. The molecule has 0 aromatic heterocycles. The molecule has 2 atom stereocenters. The summed E-state index contributed by atoms with van der Waals surface area (Å²) in [5, 5.41) is 3.37. The summed E-state index contributed by atoms with van der Waals surface area (Å²) in [6.45, 7) is 8.32. The predicted molar refractivity (Wildman–Crippen MR) is 48.7 cm³/mol. The van der Waals surface area contributed by atoms with E-state index in [0.29, 0.717) is 0 Å². The predicted octanol–water partition coefficient (Wildman–Crippen LogP) is 0.936. The van der Waals surface area contributed by atoms with E-state index in [2.05, 4.69) is 31.1 Å². The molecule has 1 aliphatic rings. The highest BCUT2D eigenvalue weighted by molar-refractivity contribution is 4.80. The number of nitrogens with zero attached hydrogens (tertiary/aromatic N) is 1. The van der Waals surface area contributed by atoms with Crippen LogP contribution in [0.25, 0.3) is 0 Å². The summed E-state index contributed by atoms with van der Waals surface area (Å²) in [7, 11) is 2.07. The van der Waals surface area contributed by atoms with Gasteiger partial charge in [-0.3, -0.25) is 0 Å². The number of piperidine rings is 1. The second-order valence-corrected chi connectivity index (χ2v) is 3.55. The van der Waals surface area contributed by atoms with E-state index in [4.69, 9.17) is 0 Å². The van der Waals surface area contributed by atoms with Crippen LogP contribution in [-0.4, -0.2) is 37.6 Å².